The molecule has 0 aliphatic heterocycles. The molecule has 1 fully saturated rings. The maximum atomic E-state index is 12.1. The number of hydrogen-bond donors (Lipinski definition) is 4. The summed E-state index contributed by atoms with van der Waals surface area (Å²) in [5, 5.41) is 2.99. The Balaban J connectivity index is 2.01. The van der Waals surface area contributed by atoms with Gasteiger partial charge < -0.3 is 21.8 Å². The van der Waals surface area contributed by atoms with Crippen molar-refractivity contribution in [2.24, 2.45) is 17.4 Å². The van der Waals surface area contributed by atoms with Gasteiger partial charge in [0.15, 0.2) is 0 Å². The number of nitrogens with two attached hydrogens (primary N) is 2. The Morgan fingerprint density at radius 1 is 1.37 bits per heavy atom. The maximum absolute atomic E-state index is 12.1. The minimum atomic E-state index is -0.548. The van der Waals surface area contributed by atoms with Gasteiger partial charge in [0.2, 0.25) is 5.91 Å². The fourth-order valence-corrected chi connectivity index (χ4v) is 2.59. The summed E-state index contributed by atoms with van der Waals surface area (Å²) in [5.41, 5.74) is 11.5. The quantitative estimate of drug-likeness (QED) is 0.629. The molecule has 2 atom stereocenters. The largest absolute Gasteiger partial charge is 0.366 e. The maximum Gasteiger partial charge on any atom is 0.267 e. The summed E-state index contributed by atoms with van der Waals surface area (Å²) < 4.78 is 0. The van der Waals surface area contributed by atoms with Crippen molar-refractivity contribution >= 4 is 11.8 Å². The van der Waals surface area contributed by atoms with Gasteiger partial charge in [-0.3, -0.25) is 9.59 Å². The lowest BCUT2D eigenvalue weighted by molar-refractivity contribution is 0.0903. The first-order valence-electron chi connectivity index (χ1n) is 6.61. The highest BCUT2D eigenvalue weighted by Gasteiger charge is 2.26. The van der Waals surface area contributed by atoms with E-state index in [1.54, 1.807) is 0 Å². The normalized spacial score (nSPS) is 23.0. The van der Waals surface area contributed by atoms with Crippen molar-refractivity contribution in [2.45, 2.75) is 31.7 Å². The van der Waals surface area contributed by atoms with Crippen LogP contribution in [0.25, 0.3) is 0 Å². The Labute approximate surface area is 111 Å². The SMILES string of the molecule is NCC1CCCCC1NC(=O)c1cc(C(N)=O)c[nH]1. The zero-order valence-electron chi connectivity index (χ0n) is 10.8. The molecular weight excluding hydrogens is 244 g/mol. The number of carbonyl (C=O) groups excluding carboxylic acids is 2. The van der Waals surface area contributed by atoms with E-state index >= 15 is 0 Å². The average molecular weight is 264 g/mol. The second-order valence-corrected chi connectivity index (χ2v) is 5.03. The van der Waals surface area contributed by atoms with Crippen molar-refractivity contribution in [2.75, 3.05) is 6.54 Å². The van der Waals surface area contributed by atoms with Crippen LogP contribution in [0.1, 0.15) is 46.5 Å². The summed E-state index contributed by atoms with van der Waals surface area (Å²) in [6, 6.07) is 1.59. The lowest BCUT2D eigenvalue weighted by Gasteiger charge is -2.31. The number of rotatable bonds is 4. The number of H-pyrrole nitrogens is 1. The molecule has 1 aliphatic carbocycles. The van der Waals surface area contributed by atoms with Gasteiger partial charge in [-0.25, -0.2) is 0 Å². The molecule has 2 amide bonds. The standard InChI is InChI=1S/C13H20N4O2/c14-6-8-3-1-2-4-10(8)17-13(19)11-5-9(7-16-11)12(15)18/h5,7-8,10,16H,1-4,6,14H2,(H2,15,18)(H,17,19). The molecule has 2 rings (SSSR count). The number of nitrogens with one attached hydrogen (secondary N) is 2. The monoisotopic (exact) mass is 264 g/mol. The third-order valence-corrected chi connectivity index (χ3v) is 3.74. The van der Waals surface area contributed by atoms with E-state index in [0.717, 1.165) is 19.3 Å². The van der Waals surface area contributed by atoms with Crippen LogP contribution in [0.4, 0.5) is 0 Å². The number of carbonyl (C=O) groups is 2. The number of aromatic nitrogens is 1. The van der Waals surface area contributed by atoms with Crippen LogP contribution in [-0.2, 0) is 0 Å². The molecule has 19 heavy (non-hydrogen) atoms. The van der Waals surface area contributed by atoms with Gasteiger partial charge in [0.25, 0.3) is 5.91 Å². The van der Waals surface area contributed by atoms with Crippen LogP contribution in [0.2, 0.25) is 0 Å². The number of hydrogen-bond acceptors (Lipinski definition) is 3. The Kier molecular flexibility index (Phi) is 4.21. The van der Waals surface area contributed by atoms with Crippen LogP contribution in [-0.4, -0.2) is 29.4 Å². The predicted molar refractivity (Wildman–Crippen MR) is 71.6 cm³/mol. The van der Waals surface area contributed by atoms with Gasteiger partial charge in [-0.05, 0) is 31.4 Å². The Hall–Kier alpha value is -1.82. The Morgan fingerprint density at radius 2 is 2.11 bits per heavy atom. The first kappa shape index (κ1) is 13.6. The smallest absolute Gasteiger partial charge is 0.267 e. The number of aromatic amines is 1. The van der Waals surface area contributed by atoms with Crippen LogP contribution in [0, 0.1) is 5.92 Å². The van der Waals surface area contributed by atoms with Crippen molar-refractivity contribution in [3.05, 3.63) is 23.5 Å². The Morgan fingerprint density at radius 3 is 2.74 bits per heavy atom. The van der Waals surface area contributed by atoms with Gasteiger partial charge in [-0.15, -0.1) is 0 Å². The summed E-state index contributed by atoms with van der Waals surface area (Å²) in [5.74, 6) is -0.422. The van der Waals surface area contributed by atoms with Crippen molar-refractivity contribution in [3.63, 3.8) is 0 Å². The molecule has 104 valence electrons. The van der Waals surface area contributed by atoms with Crippen molar-refractivity contribution in [1.29, 1.82) is 0 Å². The molecule has 2 unspecified atom stereocenters. The first-order chi connectivity index (χ1) is 9.11. The molecule has 0 bridgehead atoms. The second-order valence-electron chi connectivity index (χ2n) is 5.03. The molecule has 1 aliphatic rings. The van der Waals surface area contributed by atoms with Crippen LogP contribution in [0.15, 0.2) is 12.3 Å². The summed E-state index contributed by atoms with van der Waals surface area (Å²) in [6.45, 7) is 0.586. The number of amides is 2. The fraction of sp³-hybridized carbons (Fsp3) is 0.538. The third-order valence-electron chi connectivity index (χ3n) is 3.74. The summed E-state index contributed by atoms with van der Waals surface area (Å²) in [4.78, 5) is 25.8. The summed E-state index contributed by atoms with van der Waals surface area (Å²) >= 11 is 0. The molecule has 6 N–H and O–H groups in total. The summed E-state index contributed by atoms with van der Waals surface area (Å²) in [7, 11) is 0. The van der Waals surface area contributed by atoms with Crippen molar-refractivity contribution in [1.82, 2.24) is 10.3 Å². The van der Waals surface area contributed by atoms with Crippen LogP contribution >= 0.6 is 0 Å². The lowest BCUT2D eigenvalue weighted by atomic mass is 9.84. The van der Waals surface area contributed by atoms with E-state index in [-0.39, 0.29) is 11.9 Å². The van der Waals surface area contributed by atoms with E-state index in [1.807, 2.05) is 0 Å². The minimum absolute atomic E-state index is 0.117. The van der Waals surface area contributed by atoms with Crippen LogP contribution in [0.3, 0.4) is 0 Å². The first-order valence-corrected chi connectivity index (χ1v) is 6.61. The zero-order chi connectivity index (χ0) is 13.8. The van der Waals surface area contributed by atoms with Gasteiger partial charge in [-0.1, -0.05) is 12.8 Å². The average Bonchev–Trinajstić information content (AvgIpc) is 2.89. The topological polar surface area (TPSA) is 114 Å². The fourth-order valence-electron chi connectivity index (χ4n) is 2.59. The highest BCUT2D eigenvalue weighted by atomic mass is 16.2. The molecule has 6 nitrogen and oxygen atoms in total. The molecule has 6 heteroatoms. The molecule has 1 aromatic heterocycles. The molecule has 1 heterocycles. The van der Waals surface area contributed by atoms with Gasteiger partial charge in [0, 0.05) is 12.2 Å². The van der Waals surface area contributed by atoms with Crippen molar-refractivity contribution < 1.29 is 9.59 Å². The van der Waals surface area contributed by atoms with E-state index in [1.165, 1.54) is 18.7 Å². The van der Waals surface area contributed by atoms with E-state index in [4.69, 9.17) is 11.5 Å². The highest BCUT2D eigenvalue weighted by Crippen LogP contribution is 2.23. The van der Waals surface area contributed by atoms with E-state index in [9.17, 15) is 9.59 Å². The lowest BCUT2D eigenvalue weighted by Crippen LogP contribution is -2.44. The molecule has 1 aromatic rings. The van der Waals surface area contributed by atoms with Gasteiger partial charge in [-0.2, -0.15) is 0 Å². The predicted octanol–water partition coefficient (Wildman–Crippen LogP) is 0.361. The molecule has 0 aromatic carbocycles. The van der Waals surface area contributed by atoms with Gasteiger partial charge in [0.1, 0.15) is 5.69 Å². The third kappa shape index (κ3) is 3.14. The molecule has 0 saturated heterocycles. The van der Waals surface area contributed by atoms with E-state index < -0.39 is 5.91 Å². The summed E-state index contributed by atoms with van der Waals surface area (Å²) in [6.07, 6.45) is 5.73. The van der Waals surface area contributed by atoms with E-state index in [2.05, 4.69) is 10.3 Å². The molecule has 0 spiro atoms. The number of primary amides is 1. The Bertz CT molecular complexity index is 469. The van der Waals surface area contributed by atoms with Gasteiger partial charge >= 0.3 is 0 Å². The van der Waals surface area contributed by atoms with Crippen molar-refractivity contribution in [3.8, 4) is 0 Å². The highest BCUT2D eigenvalue weighted by molar-refractivity contribution is 5.98. The van der Waals surface area contributed by atoms with Gasteiger partial charge in [0.05, 0.1) is 5.56 Å². The zero-order valence-corrected chi connectivity index (χ0v) is 10.8. The second kappa shape index (κ2) is 5.88. The molecule has 1 saturated carbocycles. The van der Waals surface area contributed by atoms with Crippen LogP contribution < -0.4 is 16.8 Å². The molecular formula is C13H20N4O2. The van der Waals surface area contributed by atoms with Crippen LogP contribution in [0.5, 0.6) is 0 Å². The molecule has 0 radical (unpaired) electrons. The minimum Gasteiger partial charge on any atom is -0.366 e. The van der Waals surface area contributed by atoms with E-state index in [0.29, 0.717) is 23.7 Å².